The third-order valence-corrected chi connectivity index (χ3v) is 0. The van der Waals surface area contributed by atoms with E-state index >= 15 is 0 Å². The van der Waals surface area contributed by atoms with Crippen LogP contribution in [0.4, 0.5) is 0 Å². The van der Waals surface area contributed by atoms with Gasteiger partial charge in [-0.3, -0.25) is 0 Å². The molecule has 0 aliphatic carbocycles. The molecule has 0 aromatic heterocycles. The SMILES string of the molecule is Br.[Ca+2].[Cs+].[H-].[H-].[H-].[PbH2]. The van der Waals surface area contributed by atoms with Gasteiger partial charge in [0.25, 0.3) is 0 Å². The van der Waals surface area contributed by atoms with Crippen LogP contribution in [0.2, 0.25) is 0 Å². The minimum absolute atomic E-state index is 0. The Morgan fingerprint density at radius 3 is 1.25 bits per heavy atom. The molecule has 0 unspecified atom stereocenters. The molecule has 4 heteroatoms. The van der Waals surface area contributed by atoms with Crippen LogP contribution in [0, 0.1) is 0 Å². The van der Waals surface area contributed by atoms with Crippen LogP contribution in [0.5, 0.6) is 0 Å². The van der Waals surface area contributed by atoms with Crippen molar-refractivity contribution in [2.75, 3.05) is 0 Å². The molecule has 20 valence electrons. The van der Waals surface area contributed by atoms with E-state index in [1.54, 1.807) is 0 Å². The summed E-state index contributed by atoms with van der Waals surface area (Å²) in [4.78, 5) is 0. The van der Waals surface area contributed by atoms with Gasteiger partial charge in [0.2, 0.25) is 0 Å². The second-order valence-electron chi connectivity index (χ2n) is 0. The third kappa shape index (κ3) is 9.86. The van der Waals surface area contributed by atoms with Crippen molar-refractivity contribution in [3.63, 3.8) is 0 Å². The zero-order chi connectivity index (χ0) is 0. The molecule has 0 bridgehead atoms. The zero-order valence-corrected chi connectivity index (χ0v) is 18.5. The Labute approximate surface area is 150 Å². The van der Waals surface area contributed by atoms with Crippen LogP contribution in [0.25, 0.3) is 0 Å². The molecule has 0 aliphatic heterocycles. The van der Waals surface area contributed by atoms with E-state index < -0.39 is 0 Å². The van der Waals surface area contributed by atoms with Crippen LogP contribution in [0.15, 0.2) is 0 Å². The Morgan fingerprint density at radius 2 is 1.25 bits per heavy atom. The van der Waals surface area contributed by atoms with Crippen LogP contribution in [0.3, 0.4) is 0 Å². The molecule has 0 saturated carbocycles. The number of rotatable bonds is 0. The van der Waals surface area contributed by atoms with Crippen LogP contribution >= 0.6 is 17.0 Å². The molecule has 0 rings (SSSR count). The third-order valence-electron chi connectivity index (χ3n) is 0. The maximum atomic E-state index is 0. The molecular weight excluding hydrogens is 460 g/mol. The Morgan fingerprint density at radius 1 is 1.25 bits per heavy atom. The van der Waals surface area contributed by atoms with Gasteiger partial charge < -0.3 is 4.28 Å². The average molecular weight is 466 g/mol. The summed E-state index contributed by atoms with van der Waals surface area (Å²) in [6, 6.07) is 0. The Hall–Kier alpha value is 4.71. The van der Waals surface area contributed by atoms with E-state index in [0.717, 1.165) is 0 Å². The van der Waals surface area contributed by atoms with Crippen molar-refractivity contribution in [3.8, 4) is 0 Å². The molecule has 0 fully saturated rings. The molecule has 0 heterocycles. The normalized spacial score (nSPS) is 0. The predicted molar refractivity (Wildman–Crippen MR) is 28.0 cm³/mol. The van der Waals surface area contributed by atoms with Gasteiger partial charge >= 0.3 is 134 Å². The molecule has 0 aromatic rings. The van der Waals surface area contributed by atoms with Crippen molar-refractivity contribution in [2.45, 2.75) is 0 Å². The molecule has 0 amide bonds. The summed E-state index contributed by atoms with van der Waals surface area (Å²) in [6.07, 6.45) is 0. The van der Waals surface area contributed by atoms with Crippen LogP contribution in [0.1, 0.15) is 4.28 Å². The standard InChI is InChI=1S/BrH.Ca.Cs.Pb.5H/h1H;;;;;;;;/q;+2;+1;;;;3*-1. The van der Waals surface area contributed by atoms with Gasteiger partial charge in [-0.1, -0.05) is 0 Å². The van der Waals surface area contributed by atoms with Crippen molar-refractivity contribution < 1.29 is 73.2 Å². The summed E-state index contributed by atoms with van der Waals surface area (Å²) < 4.78 is 0. The molecule has 0 aliphatic rings. The first kappa shape index (κ1) is 23.3. The van der Waals surface area contributed by atoms with Gasteiger partial charge in [0.15, 0.2) is 0 Å². The van der Waals surface area contributed by atoms with Gasteiger partial charge in [0.1, 0.15) is 0 Å². The maximum absolute atomic E-state index is 0. The van der Waals surface area contributed by atoms with Crippen LogP contribution < -0.4 is 68.9 Å². The predicted octanol–water partition coefficient (Wildman–Crippen LogP) is -3.38. The summed E-state index contributed by atoms with van der Waals surface area (Å²) in [6.45, 7) is 0. The number of hydrogen-bond acceptors (Lipinski definition) is 0. The van der Waals surface area contributed by atoms with E-state index in [2.05, 4.69) is 0 Å². The monoisotopic (exact) mass is 466 g/mol. The second kappa shape index (κ2) is 15.6. The summed E-state index contributed by atoms with van der Waals surface area (Å²) in [5.74, 6) is 0. The van der Waals surface area contributed by atoms with Crippen molar-refractivity contribution >= 4 is 82.0 Å². The van der Waals surface area contributed by atoms with E-state index in [1.807, 2.05) is 0 Å². The minimum atomic E-state index is 0. The number of halogens is 1. The van der Waals surface area contributed by atoms with Gasteiger partial charge in [-0.25, -0.2) is 0 Å². The average Bonchev–Trinajstić information content (AvgIpc) is 0. The molecule has 2 radical (unpaired) electrons. The first-order chi connectivity index (χ1) is 0. The van der Waals surface area contributed by atoms with E-state index in [9.17, 15) is 0 Å². The van der Waals surface area contributed by atoms with E-state index in [4.69, 9.17) is 0 Å². The number of hydrogen-bond donors (Lipinski definition) is 0. The fraction of sp³-hybridized carbons (Fsp3) is 0. The van der Waals surface area contributed by atoms with E-state index in [0.29, 0.717) is 0 Å². The van der Waals surface area contributed by atoms with Gasteiger partial charge in [0.05, 0.1) is 0 Å². The molecule has 0 saturated heterocycles. The summed E-state index contributed by atoms with van der Waals surface area (Å²) in [7, 11) is 0. The van der Waals surface area contributed by atoms with Crippen molar-refractivity contribution in [1.82, 2.24) is 0 Å². The quantitative estimate of drug-likeness (QED) is 0.328. The molecule has 4 heavy (non-hydrogen) atoms. The van der Waals surface area contributed by atoms with Crippen LogP contribution in [-0.4, -0.2) is 65.0 Å². The molecule has 0 spiro atoms. The van der Waals surface area contributed by atoms with E-state index in [1.165, 1.54) is 0 Å². The molecule has 0 nitrogen and oxygen atoms in total. The fourth-order valence-electron chi connectivity index (χ4n) is 0. The summed E-state index contributed by atoms with van der Waals surface area (Å²) in [5, 5.41) is 0. The first-order valence-electron chi connectivity index (χ1n) is 0. The molecular formula is H6BrCaCsPb. The summed E-state index contributed by atoms with van der Waals surface area (Å²) in [5.41, 5.74) is 0. The summed E-state index contributed by atoms with van der Waals surface area (Å²) >= 11 is 0. The van der Waals surface area contributed by atoms with E-state index in [-0.39, 0.29) is 155 Å². The van der Waals surface area contributed by atoms with Crippen molar-refractivity contribution in [1.29, 1.82) is 0 Å². The zero-order valence-electron chi connectivity index (χ0n) is 5.82. The molecule has 0 aromatic carbocycles. The van der Waals surface area contributed by atoms with Gasteiger partial charge in [-0.05, 0) is 0 Å². The Balaban J connectivity index is 0. The van der Waals surface area contributed by atoms with Crippen LogP contribution in [-0.2, 0) is 0 Å². The molecule has 0 N–H and O–H groups in total. The van der Waals surface area contributed by atoms with Gasteiger partial charge in [0, 0.05) is 0 Å². The first-order valence-corrected chi connectivity index (χ1v) is 0. The molecule has 0 atom stereocenters. The van der Waals surface area contributed by atoms with Crippen molar-refractivity contribution in [2.24, 2.45) is 0 Å². The van der Waals surface area contributed by atoms with Gasteiger partial charge in [-0.2, -0.15) is 0 Å². The van der Waals surface area contributed by atoms with Crippen molar-refractivity contribution in [3.05, 3.63) is 0 Å². The Bertz CT molecular complexity index is 14.9. The topological polar surface area (TPSA) is 0 Å². The fourth-order valence-corrected chi connectivity index (χ4v) is 0. The second-order valence-corrected chi connectivity index (χ2v) is 0. The Kier molecular flexibility index (Phi) is 91.3. The van der Waals surface area contributed by atoms with Gasteiger partial charge in [-0.15, -0.1) is 17.0 Å².